The van der Waals surface area contributed by atoms with Crippen LogP contribution in [0, 0.1) is 5.92 Å². The lowest BCUT2D eigenvalue weighted by Crippen LogP contribution is -2.56. The number of likely N-dealkylation sites (tertiary alicyclic amines) is 1. The van der Waals surface area contributed by atoms with E-state index in [-0.39, 0.29) is 36.1 Å². The summed E-state index contributed by atoms with van der Waals surface area (Å²) in [5, 5.41) is 4.66. The van der Waals surface area contributed by atoms with Crippen LogP contribution in [0.2, 0.25) is 0 Å². The van der Waals surface area contributed by atoms with Gasteiger partial charge in [0.05, 0.1) is 17.0 Å². The number of thiophene rings is 1. The first-order chi connectivity index (χ1) is 13.7. The van der Waals surface area contributed by atoms with Crippen molar-refractivity contribution in [2.75, 3.05) is 19.6 Å². The van der Waals surface area contributed by atoms with Crippen LogP contribution < -0.4 is 5.32 Å². The molecule has 0 aliphatic carbocycles. The zero-order valence-electron chi connectivity index (χ0n) is 17.1. The molecule has 8 heteroatoms. The van der Waals surface area contributed by atoms with Gasteiger partial charge in [-0.05, 0) is 45.1 Å². The maximum Gasteiger partial charge on any atom is 0.325 e. The molecule has 3 rings (SSSR count). The summed E-state index contributed by atoms with van der Waals surface area (Å²) in [7, 11) is 0. The molecule has 2 aliphatic heterocycles. The van der Waals surface area contributed by atoms with E-state index in [9.17, 15) is 19.2 Å². The highest BCUT2D eigenvalue weighted by atomic mass is 32.1. The standard InChI is InChI=1S/C21H27N3O4S/c1-5-21(19(27)24(11-13(2)3)20(28)22-21)16-6-8-23(9-7-16)18(26)15-10-17(14(4)25)29-12-15/h10,12,16H,2,5-9,11H2,1,3-4H3,(H,22,28)/t21-/m1/s1. The Balaban J connectivity index is 1.69. The number of nitrogens with zero attached hydrogens (tertiary/aromatic N) is 2. The fourth-order valence-corrected chi connectivity index (χ4v) is 5.04. The molecule has 2 aliphatic rings. The highest BCUT2D eigenvalue weighted by Crippen LogP contribution is 2.36. The van der Waals surface area contributed by atoms with Crippen molar-refractivity contribution in [3.05, 3.63) is 34.0 Å². The van der Waals surface area contributed by atoms with Gasteiger partial charge >= 0.3 is 6.03 Å². The summed E-state index contributed by atoms with van der Waals surface area (Å²) < 4.78 is 0. The monoisotopic (exact) mass is 417 g/mol. The number of amides is 4. The smallest absolute Gasteiger partial charge is 0.325 e. The third-order valence-corrected chi connectivity index (χ3v) is 6.89. The first-order valence-electron chi connectivity index (χ1n) is 9.86. The Hall–Kier alpha value is -2.48. The topological polar surface area (TPSA) is 86.8 Å². The Morgan fingerprint density at radius 3 is 2.45 bits per heavy atom. The fraction of sp³-hybridized carbons (Fsp3) is 0.524. The van der Waals surface area contributed by atoms with Crippen LogP contribution in [0.25, 0.3) is 0 Å². The Kier molecular flexibility index (Phi) is 5.93. The van der Waals surface area contributed by atoms with E-state index in [0.717, 1.165) is 5.57 Å². The minimum absolute atomic E-state index is 0.0293. The molecule has 3 heterocycles. The van der Waals surface area contributed by atoms with E-state index in [1.165, 1.54) is 23.2 Å². The van der Waals surface area contributed by atoms with E-state index in [0.29, 0.717) is 42.8 Å². The lowest BCUT2D eigenvalue weighted by molar-refractivity contribution is -0.133. The second-order valence-corrected chi connectivity index (χ2v) is 8.84. The zero-order chi connectivity index (χ0) is 21.3. The first kappa shape index (κ1) is 21.2. The molecule has 0 spiro atoms. The Morgan fingerprint density at radius 2 is 1.93 bits per heavy atom. The molecular formula is C21H27N3O4S. The molecular weight excluding hydrogens is 390 g/mol. The van der Waals surface area contributed by atoms with Crippen molar-refractivity contribution in [2.24, 2.45) is 5.92 Å². The zero-order valence-corrected chi connectivity index (χ0v) is 17.9. The van der Waals surface area contributed by atoms with Crippen molar-refractivity contribution >= 4 is 35.0 Å². The predicted molar refractivity (Wildman–Crippen MR) is 111 cm³/mol. The van der Waals surface area contributed by atoms with E-state index in [2.05, 4.69) is 11.9 Å². The van der Waals surface area contributed by atoms with Crippen LogP contribution in [-0.2, 0) is 4.79 Å². The maximum absolute atomic E-state index is 13.1. The van der Waals surface area contributed by atoms with Gasteiger partial charge in [0.1, 0.15) is 5.54 Å². The van der Waals surface area contributed by atoms with E-state index >= 15 is 0 Å². The minimum Gasteiger partial charge on any atom is -0.339 e. The Bertz CT molecular complexity index is 869. The molecule has 2 fully saturated rings. The number of carbonyl (C=O) groups excluding carboxylic acids is 4. The SMILES string of the molecule is C=C(C)CN1C(=O)N[C@](CC)(C2CCN(C(=O)c3csc(C(C)=O)c3)CC2)C1=O. The number of hydrogen-bond donors (Lipinski definition) is 1. The van der Waals surface area contributed by atoms with E-state index in [1.54, 1.807) is 23.3 Å². The summed E-state index contributed by atoms with van der Waals surface area (Å²) in [6.45, 7) is 10.2. The predicted octanol–water partition coefficient (Wildman–Crippen LogP) is 3.08. The van der Waals surface area contributed by atoms with Gasteiger partial charge in [-0.15, -0.1) is 11.3 Å². The van der Waals surface area contributed by atoms with Gasteiger partial charge in [-0.25, -0.2) is 4.79 Å². The average Bonchev–Trinajstić information content (AvgIpc) is 3.27. The molecule has 1 aromatic heterocycles. The van der Waals surface area contributed by atoms with Gasteiger partial charge < -0.3 is 10.2 Å². The average molecular weight is 418 g/mol. The molecule has 2 saturated heterocycles. The lowest BCUT2D eigenvalue weighted by Gasteiger charge is -2.40. The van der Waals surface area contributed by atoms with Gasteiger partial charge in [0.25, 0.3) is 11.8 Å². The van der Waals surface area contributed by atoms with E-state index in [1.807, 2.05) is 6.92 Å². The molecule has 1 aromatic rings. The third-order valence-electron chi connectivity index (χ3n) is 5.86. The second-order valence-electron chi connectivity index (χ2n) is 7.93. The molecule has 156 valence electrons. The largest absolute Gasteiger partial charge is 0.339 e. The number of carbonyl (C=O) groups is 4. The molecule has 4 amide bonds. The molecule has 1 N–H and O–H groups in total. The van der Waals surface area contributed by atoms with Gasteiger partial charge in [0, 0.05) is 18.5 Å². The highest BCUT2D eigenvalue weighted by molar-refractivity contribution is 7.12. The minimum atomic E-state index is -0.911. The molecule has 0 bridgehead atoms. The highest BCUT2D eigenvalue weighted by Gasteiger charge is 2.54. The van der Waals surface area contributed by atoms with Crippen LogP contribution in [-0.4, -0.2) is 58.6 Å². The number of hydrogen-bond acceptors (Lipinski definition) is 5. The number of imide groups is 1. The lowest BCUT2D eigenvalue weighted by atomic mass is 9.75. The Labute approximate surface area is 174 Å². The van der Waals surface area contributed by atoms with Gasteiger partial charge in [-0.2, -0.15) is 0 Å². The van der Waals surface area contributed by atoms with Crippen molar-refractivity contribution < 1.29 is 19.2 Å². The van der Waals surface area contributed by atoms with Crippen LogP contribution in [0.15, 0.2) is 23.6 Å². The third kappa shape index (κ3) is 3.85. The quantitative estimate of drug-likeness (QED) is 0.438. The van der Waals surface area contributed by atoms with Crippen molar-refractivity contribution in [1.82, 2.24) is 15.1 Å². The summed E-state index contributed by atoms with van der Waals surface area (Å²) >= 11 is 1.28. The summed E-state index contributed by atoms with van der Waals surface area (Å²) in [5.41, 5.74) is 0.370. The number of Topliss-reactive ketones (excluding diaryl/α,β-unsaturated/α-hetero) is 1. The van der Waals surface area contributed by atoms with Crippen molar-refractivity contribution in [2.45, 2.75) is 45.6 Å². The molecule has 0 radical (unpaired) electrons. The number of ketones is 1. The van der Waals surface area contributed by atoms with Gasteiger partial charge in [0.15, 0.2) is 5.78 Å². The number of nitrogens with one attached hydrogen (secondary N) is 1. The molecule has 7 nitrogen and oxygen atoms in total. The maximum atomic E-state index is 13.1. The summed E-state index contributed by atoms with van der Waals surface area (Å²) in [6, 6.07) is 1.28. The fourth-order valence-electron chi connectivity index (χ4n) is 4.25. The number of rotatable bonds is 6. The van der Waals surface area contributed by atoms with Crippen LogP contribution in [0.3, 0.4) is 0 Å². The van der Waals surface area contributed by atoms with Gasteiger partial charge in [-0.3, -0.25) is 19.3 Å². The molecule has 29 heavy (non-hydrogen) atoms. The van der Waals surface area contributed by atoms with Crippen molar-refractivity contribution in [1.29, 1.82) is 0 Å². The van der Waals surface area contributed by atoms with E-state index in [4.69, 9.17) is 0 Å². The van der Waals surface area contributed by atoms with Crippen molar-refractivity contribution in [3.8, 4) is 0 Å². The molecule has 0 unspecified atom stereocenters. The molecule has 1 atom stereocenters. The van der Waals surface area contributed by atoms with Crippen LogP contribution in [0.4, 0.5) is 4.79 Å². The summed E-state index contributed by atoms with van der Waals surface area (Å²) in [4.78, 5) is 53.3. The normalized spacial score (nSPS) is 22.7. The Morgan fingerprint density at radius 1 is 1.28 bits per heavy atom. The van der Waals surface area contributed by atoms with Crippen LogP contribution in [0.1, 0.15) is 60.1 Å². The summed E-state index contributed by atoms with van der Waals surface area (Å²) in [5.74, 6) is -0.365. The second kappa shape index (κ2) is 8.10. The number of piperidine rings is 1. The van der Waals surface area contributed by atoms with E-state index < -0.39 is 5.54 Å². The van der Waals surface area contributed by atoms with Crippen LogP contribution in [0.5, 0.6) is 0 Å². The van der Waals surface area contributed by atoms with Crippen molar-refractivity contribution in [3.63, 3.8) is 0 Å². The first-order valence-corrected chi connectivity index (χ1v) is 10.7. The van der Waals surface area contributed by atoms with Gasteiger partial charge in [-0.1, -0.05) is 19.1 Å². The number of urea groups is 1. The summed E-state index contributed by atoms with van der Waals surface area (Å²) in [6.07, 6.45) is 1.78. The molecule has 0 saturated carbocycles. The van der Waals surface area contributed by atoms with Crippen LogP contribution >= 0.6 is 11.3 Å². The molecule has 0 aromatic carbocycles. The van der Waals surface area contributed by atoms with Gasteiger partial charge in [0.2, 0.25) is 0 Å².